The fourth-order valence-corrected chi connectivity index (χ4v) is 3.21. The normalized spacial score (nSPS) is 10.8. The number of H-pyrrole nitrogens is 1. The minimum atomic E-state index is 0.462. The first-order chi connectivity index (χ1) is 15.1. The minimum Gasteiger partial charge on any atom is -0.497 e. The number of anilines is 3. The van der Waals surface area contributed by atoms with Crippen molar-refractivity contribution in [2.24, 2.45) is 0 Å². The van der Waals surface area contributed by atoms with E-state index < -0.39 is 0 Å². The highest BCUT2D eigenvalue weighted by atomic mass is 16.5. The number of hydrogen-bond donors (Lipinski definition) is 3. The molecule has 3 N–H and O–H groups in total. The molecule has 0 bridgehead atoms. The van der Waals surface area contributed by atoms with Crippen LogP contribution in [0.5, 0.6) is 5.75 Å². The second-order valence-corrected chi connectivity index (χ2v) is 7.24. The van der Waals surface area contributed by atoms with Gasteiger partial charge in [0, 0.05) is 18.3 Å². The summed E-state index contributed by atoms with van der Waals surface area (Å²) in [6.45, 7) is 4.44. The quantitative estimate of drug-likeness (QED) is 0.374. The van der Waals surface area contributed by atoms with Crippen LogP contribution in [0.1, 0.15) is 28.3 Å². The summed E-state index contributed by atoms with van der Waals surface area (Å²) < 4.78 is 10.5. The molecule has 0 fully saturated rings. The van der Waals surface area contributed by atoms with Crippen molar-refractivity contribution in [2.75, 3.05) is 17.7 Å². The van der Waals surface area contributed by atoms with E-state index >= 15 is 0 Å². The van der Waals surface area contributed by atoms with Gasteiger partial charge in [-0.05, 0) is 56.0 Å². The number of nitrogens with one attached hydrogen (secondary N) is 3. The standard InChI is InChI=1S/C22H25N7O2/c1-14-10-18(30-3)7-5-16(14)4-6-17-12-21(28-27-17)25-20-8-9-23-22(26-20)24-13-19-11-15(2)29-31-19/h5,7-12H,4,6,13H2,1-3H3,(H3,23,24,25,26,27,28). The molecule has 3 aromatic heterocycles. The van der Waals surface area contributed by atoms with E-state index in [1.165, 1.54) is 11.1 Å². The Kier molecular flexibility index (Phi) is 6.11. The Morgan fingerprint density at radius 3 is 2.77 bits per heavy atom. The van der Waals surface area contributed by atoms with Gasteiger partial charge in [-0.2, -0.15) is 10.1 Å². The van der Waals surface area contributed by atoms with Crippen LogP contribution in [0, 0.1) is 13.8 Å². The maximum absolute atomic E-state index is 5.27. The van der Waals surface area contributed by atoms with Crippen molar-refractivity contribution < 1.29 is 9.26 Å². The largest absolute Gasteiger partial charge is 0.497 e. The van der Waals surface area contributed by atoms with Crippen LogP contribution in [-0.4, -0.2) is 32.4 Å². The Labute approximate surface area is 180 Å². The number of hydrogen-bond acceptors (Lipinski definition) is 8. The van der Waals surface area contributed by atoms with Gasteiger partial charge in [-0.25, -0.2) is 4.98 Å². The van der Waals surface area contributed by atoms with Gasteiger partial charge < -0.3 is 19.9 Å². The van der Waals surface area contributed by atoms with E-state index in [2.05, 4.69) is 55.0 Å². The van der Waals surface area contributed by atoms with Crippen molar-refractivity contribution in [3.05, 3.63) is 70.9 Å². The summed E-state index contributed by atoms with van der Waals surface area (Å²) in [5, 5.41) is 17.6. The van der Waals surface area contributed by atoms with Crippen LogP contribution in [0.4, 0.5) is 17.6 Å². The van der Waals surface area contributed by atoms with Gasteiger partial charge in [-0.1, -0.05) is 11.2 Å². The molecule has 31 heavy (non-hydrogen) atoms. The molecule has 4 rings (SSSR count). The molecule has 0 spiro atoms. The van der Waals surface area contributed by atoms with Gasteiger partial charge in [-0.3, -0.25) is 5.10 Å². The zero-order valence-electron chi connectivity index (χ0n) is 17.8. The third kappa shape index (κ3) is 5.39. The first kappa shape index (κ1) is 20.4. The maximum atomic E-state index is 5.27. The Hall–Kier alpha value is -3.88. The zero-order chi connectivity index (χ0) is 21.6. The highest BCUT2D eigenvalue weighted by Gasteiger charge is 2.07. The average molecular weight is 419 g/mol. The fourth-order valence-electron chi connectivity index (χ4n) is 3.21. The molecule has 0 saturated carbocycles. The summed E-state index contributed by atoms with van der Waals surface area (Å²) in [4.78, 5) is 8.70. The van der Waals surface area contributed by atoms with E-state index in [1.807, 2.05) is 25.1 Å². The molecule has 0 amide bonds. The number of aryl methyl sites for hydroxylation is 4. The van der Waals surface area contributed by atoms with Crippen LogP contribution in [0.3, 0.4) is 0 Å². The molecule has 0 aliphatic heterocycles. The van der Waals surface area contributed by atoms with E-state index in [-0.39, 0.29) is 0 Å². The van der Waals surface area contributed by atoms with Gasteiger partial charge in [-0.15, -0.1) is 0 Å². The minimum absolute atomic E-state index is 0.462. The lowest BCUT2D eigenvalue weighted by Gasteiger charge is -2.07. The first-order valence-corrected chi connectivity index (χ1v) is 10.0. The summed E-state index contributed by atoms with van der Waals surface area (Å²) in [5.74, 6) is 3.53. The van der Waals surface area contributed by atoms with Gasteiger partial charge >= 0.3 is 0 Å². The highest BCUT2D eigenvalue weighted by Crippen LogP contribution is 2.19. The lowest BCUT2D eigenvalue weighted by Crippen LogP contribution is -2.04. The molecular formula is C22H25N7O2. The monoisotopic (exact) mass is 419 g/mol. The van der Waals surface area contributed by atoms with Gasteiger partial charge in [0.25, 0.3) is 0 Å². The molecule has 0 aliphatic rings. The Balaban J connectivity index is 1.33. The molecule has 1 aromatic carbocycles. The number of nitrogens with zero attached hydrogens (tertiary/aromatic N) is 4. The summed E-state index contributed by atoms with van der Waals surface area (Å²) >= 11 is 0. The van der Waals surface area contributed by atoms with E-state index in [9.17, 15) is 0 Å². The van der Waals surface area contributed by atoms with Gasteiger partial charge in [0.1, 0.15) is 17.4 Å². The van der Waals surface area contributed by atoms with Gasteiger partial charge in [0.2, 0.25) is 5.95 Å². The van der Waals surface area contributed by atoms with Crippen molar-refractivity contribution in [1.82, 2.24) is 25.3 Å². The van der Waals surface area contributed by atoms with Crippen molar-refractivity contribution in [3.8, 4) is 5.75 Å². The predicted molar refractivity (Wildman–Crippen MR) is 118 cm³/mol. The van der Waals surface area contributed by atoms with E-state index in [0.29, 0.717) is 18.3 Å². The average Bonchev–Trinajstić information content (AvgIpc) is 3.40. The molecule has 160 valence electrons. The van der Waals surface area contributed by atoms with Crippen molar-refractivity contribution in [1.29, 1.82) is 0 Å². The van der Waals surface area contributed by atoms with Crippen LogP contribution < -0.4 is 15.4 Å². The lowest BCUT2D eigenvalue weighted by molar-refractivity contribution is 0.384. The van der Waals surface area contributed by atoms with Crippen molar-refractivity contribution in [3.63, 3.8) is 0 Å². The fraction of sp³-hybridized carbons (Fsp3) is 0.273. The van der Waals surface area contributed by atoms with Gasteiger partial charge in [0.05, 0.1) is 25.0 Å². The zero-order valence-corrected chi connectivity index (χ0v) is 17.8. The summed E-state index contributed by atoms with van der Waals surface area (Å²) in [6.07, 6.45) is 3.42. The molecule has 0 saturated heterocycles. The van der Waals surface area contributed by atoms with Gasteiger partial charge in [0.15, 0.2) is 5.76 Å². The number of aromatic amines is 1. The molecule has 0 unspecified atom stereocenters. The van der Waals surface area contributed by atoms with Crippen molar-refractivity contribution >= 4 is 17.6 Å². The molecular weight excluding hydrogens is 394 g/mol. The second kappa shape index (κ2) is 9.29. The SMILES string of the molecule is COc1ccc(CCc2cc(Nc3ccnc(NCc4cc(C)no4)n3)[nH]n2)c(C)c1. The van der Waals surface area contributed by atoms with Crippen molar-refractivity contribution in [2.45, 2.75) is 33.2 Å². The number of ether oxygens (including phenoxy) is 1. The Morgan fingerprint density at radius 1 is 1.10 bits per heavy atom. The Bertz CT molecular complexity index is 1150. The topological polar surface area (TPSA) is 114 Å². The van der Waals surface area contributed by atoms with E-state index in [4.69, 9.17) is 9.26 Å². The smallest absolute Gasteiger partial charge is 0.224 e. The van der Waals surface area contributed by atoms with Crippen LogP contribution in [-0.2, 0) is 19.4 Å². The first-order valence-electron chi connectivity index (χ1n) is 10.0. The number of methoxy groups -OCH3 is 1. The highest BCUT2D eigenvalue weighted by molar-refractivity contribution is 5.53. The molecule has 3 heterocycles. The molecule has 0 radical (unpaired) electrons. The maximum Gasteiger partial charge on any atom is 0.224 e. The van der Waals surface area contributed by atoms with Crippen LogP contribution in [0.15, 0.2) is 47.1 Å². The number of rotatable bonds is 9. The molecule has 9 nitrogen and oxygen atoms in total. The lowest BCUT2D eigenvalue weighted by atomic mass is 10.0. The van der Waals surface area contributed by atoms with E-state index in [1.54, 1.807) is 19.4 Å². The van der Waals surface area contributed by atoms with E-state index in [0.717, 1.165) is 41.6 Å². The predicted octanol–water partition coefficient (Wildman–Crippen LogP) is 3.95. The summed E-state index contributed by atoms with van der Waals surface area (Å²) in [5.41, 5.74) is 4.32. The Morgan fingerprint density at radius 2 is 2.00 bits per heavy atom. The molecule has 0 atom stereocenters. The number of benzene rings is 1. The van der Waals surface area contributed by atoms with Crippen LogP contribution >= 0.6 is 0 Å². The third-order valence-electron chi connectivity index (χ3n) is 4.85. The summed E-state index contributed by atoms with van der Waals surface area (Å²) in [7, 11) is 1.68. The molecule has 0 aliphatic carbocycles. The number of aromatic nitrogens is 5. The van der Waals surface area contributed by atoms with Crippen LogP contribution in [0.2, 0.25) is 0 Å². The molecule has 4 aromatic rings. The summed E-state index contributed by atoms with van der Waals surface area (Å²) in [6, 6.07) is 11.8. The second-order valence-electron chi connectivity index (χ2n) is 7.24. The molecule has 9 heteroatoms. The van der Waals surface area contributed by atoms with Crippen LogP contribution in [0.25, 0.3) is 0 Å². The third-order valence-corrected chi connectivity index (χ3v) is 4.85.